The highest BCUT2D eigenvalue weighted by atomic mass is 32.2. The minimum absolute atomic E-state index is 0.0594. The second-order valence-electron chi connectivity index (χ2n) is 6.07. The third kappa shape index (κ3) is 4.14. The van der Waals surface area contributed by atoms with Gasteiger partial charge >= 0.3 is 0 Å². The lowest BCUT2D eigenvalue weighted by Gasteiger charge is -2.24. The number of thioether (sulfide) groups is 1. The van der Waals surface area contributed by atoms with Gasteiger partial charge in [0.2, 0.25) is 0 Å². The minimum Gasteiger partial charge on any atom is -0.334 e. The summed E-state index contributed by atoms with van der Waals surface area (Å²) in [6.07, 6.45) is 5.96. The number of unbranched alkanes of at least 4 members (excludes halogenated alkanes) is 2. The molecule has 20 heavy (non-hydrogen) atoms. The first-order chi connectivity index (χ1) is 9.49. The maximum atomic E-state index is 4.77. The quantitative estimate of drug-likeness (QED) is 0.739. The van der Waals surface area contributed by atoms with Gasteiger partial charge in [0.25, 0.3) is 0 Å². The number of para-hydroxylation sites is 1. The first-order valence-electron chi connectivity index (χ1n) is 7.34. The van der Waals surface area contributed by atoms with Crippen molar-refractivity contribution in [3.05, 3.63) is 35.9 Å². The third-order valence-electron chi connectivity index (χ3n) is 2.97. The highest BCUT2D eigenvalue weighted by molar-refractivity contribution is 8.22. The lowest BCUT2D eigenvalue weighted by Crippen LogP contribution is -2.20. The number of nitrogens with one attached hydrogen (secondary N) is 1. The number of amidine groups is 1. The van der Waals surface area contributed by atoms with Crippen LogP contribution in [-0.4, -0.2) is 10.7 Å². The van der Waals surface area contributed by atoms with E-state index in [4.69, 9.17) is 4.99 Å². The predicted octanol–water partition coefficient (Wildman–Crippen LogP) is 5.53. The van der Waals surface area contributed by atoms with Crippen LogP contribution in [0.25, 0.3) is 4.91 Å². The molecule has 1 aliphatic heterocycles. The van der Waals surface area contributed by atoms with Gasteiger partial charge in [-0.05, 0) is 33.3 Å². The lowest BCUT2D eigenvalue weighted by molar-refractivity contribution is 0.585. The van der Waals surface area contributed by atoms with Crippen LogP contribution >= 0.6 is 11.8 Å². The summed E-state index contributed by atoms with van der Waals surface area (Å²) in [6, 6.07) is 8.47. The zero-order chi connectivity index (χ0) is 14.6. The fraction of sp³-hybridized carbons (Fsp3) is 0.471. The van der Waals surface area contributed by atoms with E-state index < -0.39 is 0 Å². The number of aliphatic imine (C=N–C) groups is 1. The number of anilines is 1. The van der Waals surface area contributed by atoms with Gasteiger partial charge in [-0.25, -0.2) is 0 Å². The molecule has 0 radical (unpaired) electrons. The van der Waals surface area contributed by atoms with Gasteiger partial charge in [-0.2, -0.15) is 0 Å². The largest absolute Gasteiger partial charge is 0.334 e. The topological polar surface area (TPSA) is 24.4 Å². The molecule has 0 atom stereocenters. The Morgan fingerprint density at radius 3 is 2.70 bits per heavy atom. The van der Waals surface area contributed by atoms with Crippen LogP contribution in [0.5, 0.6) is 0 Å². The van der Waals surface area contributed by atoms with Crippen molar-refractivity contribution in [3.63, 3.8) is 0 Å². The van der Waals surface area contributed by atoms with E-state index in [0.29, 0.717) is 0 Å². The van der Waals surface area contributed by atoms with E-state index in [0.717, 1.165) is 17.3 Å². The number of benzene rings is 1. The van der Waals surface area contributed by atoms with E-state index >= 15 is 0 Å². The van der Waals surface area contributed by atoms with Crippen LogP contribution in [0.4, 0.5) is 5.69 Å². The molecular weight excluding hydrogens is 264 g/mol. The Balaban J connectivity index is 2.31. The Morgan fingerprint density at radius 1 is 1.25 bits per heavy atom. The summed E-state index contributed by atoms with van der Waals surface area (Å²) < 4.78 is 0. The molecule has 1 aromatic carbocycles. The standard InChI is InChI=1S/C17H24N2S/c1-5-6-7-12-15-13-10-8-9-11-14(13)18-16(20-15)19-17(2,3)4/h8-12H,5-7H2,1-4H3,(H,18,19)/b15-12-. The molecule has 2 nitrogen and oxygen atoms in total. The number of hydrogen-bond donors (Lipinski definition) is 1. The molecule has 0 saturated carbocycles. The molecule has 0 spiro atoms. The van der Waals surface area contributed by atoms with E-state index in [-0.39, 0.29) is 5.54 Å². The van der Waals surface area contributed by atoms with Crippen molar-refractivity contribution < 1.29 is 0 Å². The lowest BCUT2D eigenvalue weighted by atomic mass is 10.1. The maximum absolute atomic E-state index is 4.77. The zero-order valence-electron chi connectivity index (χ0n) is 12.9. The Kier molecular flexibility index (Phi) is 4.92. The van der Waals surface area contributed by atoms with E-state index in [2.05, 4.69) is 63.4 Å². The Bertz CT molecular complexity index is 524. The summed E-state index contributed by atoms with van der Waals surface area (Å²) >= 11 is 1.75. The van der Waals surface area contributed by atoms with Gasteiger partial charge in [-0.3, -0.25) is 4.99 Å². The average Bonchev–Trinajstić information content (AvgIpc) is 2.37. The molecule has 2 rings (SSSR count). The highest BCUT2D eigenvalue weighted by Crippen LogP contribution is 2.39. The molecule has 3 heteroatoms. The van der Waals surface area contributed by atoms with Crippen molar-refractivity contribution in [1.82, 2.24) is 0 Å². The number of rotatable bonds is 3. The summed E-state index contributed by atoms with van der Waals surface area (Å²) in [5.74, 6) is 0. The Labute approximate surface area is 126 Å². The molecule has 0 amide bonds. The van der Waals surface area contributed by atoms with Crippen molar-refractivity contribution in [2.24, 2.45) is 4.99 Å². The van der Waals surface area contributed by atoms with E-state index in [9.17, 15) is 0 Å². The SMILES string of the molecule is CCCC/C=C1\SC(=NC(C)(C)C)Nc2ccccc21. The Morgan fingerprint density at radius 2 is 2.00 bits per heavy atom. The first-order valence-corrected chi connectivity index (χ1v) is 8.15. The van der Waals surface area contributed by atoms with Crippen LogP contribution in [-0.2, 0) is 0 Å². The van der Waals surface area contributed by atoms with Gasteiger partial charge in [0.15, 0.2) is 5.17 Å². The van der Waals surface area contributed by atoms with Crippen molar-refractivity contribution in [2.45, 2.75) is 52.5 Å². The summed E-state index contributed by atoms with van der Waals surface area (Å²) in [4.78, 5) is 6.10. The van der Waals surface area contributed by atoms with E-state index in [1.54, 1.807) is 11.8 Å². The zero-order valence-corrected chi connectivity index (χ0v) is 13.7. The van der Waals surface area contributed by atoms with Crippen molar-refractivity contribution in [3.8, 4) is 0 Å². The van der Waals surface area contributed by atoms with E-state index in [1.807, 2.05) is 0 Å². The van der Waals surface area contributed by atoms with Gasteiger partial charge in [0.05, 0.1) is 5.54 Å². The summed E-state index contributed by atoms with van der Waals surface area (Å²) in [5, 5.41) is 4.45. The molecular formula is C17H24N2S. The molecule has 0 aromatic heterocycles. The summed E-state index contributed by atoms with van der Waals surface area (Å²) in [5.41, 5.74) is 2.40. The molecule has 1 N–H and O–H groups in total. The average molecular weight is 288 g/mol. The van der Waals surface area contributed by atoms with Gasteiger partial charge in [0.1, 0.15) is 0 Å². The maximum Gasteiger partial charge on any atom is 0.166 e. The van der Waals surface area contributed by atoms with Crippen LogP contribution in [0.3, 0.4) is 0 Å². The fourth-order valence-corrected chi connectivity index (χ4v) is 3.23. The van der Waals surface area contributed by atoms with Crippen LogP contribution in [0.2, 0.25) is 0 Å². The molecule has 1 aromatic rings. The molecule has 108 valence electrons. The summed E-state index contributed by atoms with van der Waals surface area (Å²) in [6.45, 7) is 8.62. The normalized spacial score (nSPS) is 19.0. The Hall–Kier alpha value is -1.22. The summed E-state index contributed by atoms with van der Waals surface area (Å²) in [7, 11) is 0. The molecule has 1 aliphatic rings. The monoisotopic (exact) mass is 288 g/mol. The number of fused-ring (bicyclic) bond motifs is 1. The number of hydrogen-bond acceptors (Lipinski definition) is 2. The third-order valence-corrected chi connectivity index (χ3v) is 3.96. The second kappa shape index (κ2) is 6.49. The molecule has 0 saturated heterocycles. The van der Waals surface area contributed by atoms with Crippen LogP contribution < -0.4 is 5.32 Å². The molecule has 0 fully saturated rings. The van der Waals surface area contributed by atoms with Gasteiger partial charge in [-0.1, -0.05) is 55.8 Å². The minimum atomic E-state index is -0.0594. The van der Waals surface area contributed by atoms with Crippen molar-refractivity contribution >= 4 is 27.5 Å². The van der Waals surface area contributed by atoms with Gasteiger partial charge < -0.3 is 5.32 Å². The molecule has 0 aliphatic carbocycles. The number of allylic oxidation sites excluding steroid dienone is 1. The molecule has 0 bridgehead atoms. The fourth-order valence-electron chi connectivity index (χ4n) is 2.05. The van der Waals surface area contributed by atoms with Crippen molar-refractivity contribution in [2.75, 3.05) is 5.32 Å². The van der Waals surface area contributed by atoms with Crippen LogP contribution in [0, 0.1) is 0 Å². The second-order valence-corrected chi connectivity index (χ2v) is 7.10. The smallest absolute Gasteiger partial charge is 0.166 e. The predicted molar refractivity (Wildman–Crippen MR) is 92.3 cm³/mol. The molecule has 0 unspecified atom stereocenters. The van der Waals surface area contributed by atoms with Crippen molar-refractivity contribution in [1.29, 1.82) is 0 Å². The number of nitrogens with zero attached hydrogens (tertiary/aromatic N) is 1. The first kappa shape index (κ1) is 15.2. The van der Waals surface area contributed by atoms with Gasteiger partial charge in [-0.15, -0.1) is 0 Å². The molecule has 1 heterocycles. The van der Waals surface area contributed by atoms with Gasteiger partial charge in [0, 0.05) is 16.2 Å². The highest BCUT2D eigenvalue weighted by Gasteiger charge is 2.20. The van der Waals surface area contributed by atoms with Crippen LogP contribution in [0.15, 0.2) is 35.3 Å². The van der Waals surface area contributed by atoms with E-state index in [1.165, 1.54) is 23.3 Å². The van der Waals surface area contributed by atoms with Crippen LogP contribution in [0.1, 0.15) is 52.5 Å².